The third kappa shape index (κ3) is 60.6. The van der Waals surface area contributed by atoms with E-state index in [0.29, 0.717) is 6.42 Å². The fraction of sp³-hybridized carbons (Fsp3) is 0.957. The highest BCUT2D eigenvalue weighted by Crippen LogP contribution is 2.20. The average Bonchev–Trinajstić information content (AvgIpc) is 3.41. The van der Waals surface area contributed by atoms with Gasteiger partial charge < -0.3 is 20.6 Å². The molecule has 0 saturated carbocycles. The fourth-order valence-electron chi connectivity index (χ4n) is 11.5. The second-order valence-corrected chi connectivity index (χ2v) is 24.5. The molecule has 448 valence electrons. The van der Waals surface area contributed by atoms with E-state index in [1.165, 1.54) is 353 Å². The van der Waals surface area contributed by atoms with Crippen molar-refractivity contribution in [2.45, 2.75) is 424 Å². The minimum Gasteiger partial charge on any atom is -0.394 e. The number of unbranched alkanes of at least 4 members (excludes halogenated alkanes) is 58. The second kappa shape index (κ2) is 65.6. The van der Waals surface area contributed by atoms with Gasteiger partial charge in [0, 0.05) is 0 Å². The molecule has 5 heteroatoms. The molecule has 0 aromatic rings. The van der Waals surface area contributed by atoms with E-state index in [0.717, 1.165) is 32.1 Å². The Kier molecular flexibility index (Phi) is 64.8. The molecule has 4 N–H and O–H groups in total. The SMILES string of the molecule is CCCCCCCCCCCCCCCCCCCCCCC/C=C/C(O)C(CO)NC(=O)C(O)CCCCCCCCCCCCCCCCCCCCCCCCCCCCCCCCCCCCCCCC. The molecule has 0 aliphatic rings. The molecule has 0 radical (unpaired) electrons. The van der Waals surface area contributed by atoms with Crippen LogP contribution in [0.2, 0.25) is 0 Å². The summed E-state index contributed by atoms with van der Waals surface area (Å²) in [6.45, 7) is 4.24. The van der Waals surface area contributed by atoms with Crippen molar-refractivity contribution in [2.75, 3.05) is 6.61 Å². The Morgan fingerprint density at radius 1 is 0.320 bits per heavy atom. The standard InChI is InChI=1S/C70H139NO4/c1-3-5-7-9-11-13-15-17-19-21-23-25-27-28-29-30-31-32-33-34-35-36-37-38-39-40-41-43-45-47-49-51-53-55-57-59-61-63-65-69(74)70(75)71-67(66-72)68(73)64-62-60-58-56-54-52-50-48-46-44-42-26-24-22-20-18-16-14-12-10-8-6-4-2/h62,64,67-69,72-74H,3-61,63,65-66H2,1-2H3,(H,71,75)/b64-62+. The van der Waals surface area contributed by atoms with Crippen molar-refractivity contribution in [2.24, 2.45) is 0 Å². The smallest absolute Gasteiger partial charge is 0.249 e. The maximum Gasteiger partial charge on any atom is 0.249 e. The molecule has 0 heterocycles. The van der Waals surface area contributed by atoms with Gasteiger partial charge in [0.05, 0.1) is 18.8 Å². The number of carbonyl (C=O) groups excluding carboxylic acids is 1. The van der Waals surface area contributed by atoms with Gasteiger partial charge in [-0.2, -0.15) is 0 Å². The molecule has 1 amide bonds. The van der Waals surface area contributed by atoms with Crippen LogP contribution in [-0.4, -0.2) is 46.1 Å². The first kappa shape index (κ1) is 74.1. The summed E-state index contributed by atoms with van der Waals surface area (Å²) in [5, 5.41) is 33.5. The van der Waals surface area contributed by atoms with Gasteiger partial charge in [-0.1, -0.05) is 398 Å². The number of carbonyl (C=O) groups is 1. The van der Waals surface area contributed by atoms with Gasteiger partial charge >= 0.3 is 0 Å². The lowest BCUT2D eigenvalue weighted by molar-refractivity contribution is -0.131. The summed E-state index contributed by atoms with van der Waals surface area (Å²) >= 11 is 0. The molecular weight excluding hydrogens is 919 g/mol. The highest BCUT2D eigenvalue weighted by molar-refractivity contribution is 5.80. The van der Waals surface area contributed by atoms with Crippen molar-refractivity contribution in [3.63, 3.8) is 0 Å². The zero-order valence-electron chi connectivity index (χ0n) is 51.5. The monoisotopic (exact) mass is 1060 g/mol. The van der Waals surface area contributed by atoms with Crippen molar-refractivity contribution in [3.8, 4) is 0 Å². The maximum absolute atomic E-state index is 12.6. The van der Waals surface area contributed by atoms with Gasteiger partial charge in [0.1, 0.15) is 6.10 Å². The number of rotatable bonds is 66. The number of aliphatic hydroxyl groups excluding tert-OH is 3. The lowest BCUT2D eigenvalue weighted by atomic mass is 10.0. The zero-order chi connectivity index (χ0) is 54.3. The van der Waals surface area contributed by atoms with Crippen molar-refractivity contribution in [3.05, 3.63) is 12.2 Å². The predicted octanol–water partition coefficient (Wildman–Crippen LogP) is 22.6. The Hall–Kier alpha value is -0.910. The van der Waals surface area contributed by atoms with E-state index >= 15 is 0 Å². The second-order valence-electron chi connectivity index (χ2n) is 24.5. The Morgan fingerprint density at radius 3 is 0.733 bits per heavy atom. The molecule has 0 aromatic carbocycles. The largest absolute Gasteiger partial charge is 0.394 e. The number of hydrogen-bond donors (Lipinski definition) is 4. The molecule has 0 aliphatic carbocycles. The number of allylic oxidation sites excluding steroid dienone is 1. The van der Waals surface area contributed by atoms with Crippen LogP contribution in [0.4, 0.5) is 0 Å². The van der Waals surface area contributed by atoms with Crippen LogP contribution in [0.3, 0.4) is 0 Å². The van der Waals surface area contributed by atoms with Gasteiger partial charge in [-0.05, 0) is 19.3 Å². The molecule has 0 aromatic heterocycles. The Bertz CT molecular complexity index is 1080. The van der Waals surface area contributed by atoms with Gasteiger partial charge in [0.15, 0.2) is 0 Å². The molecular formula is C70H139NO4. The van der Waals surface area contributed by atoms with E-state index in [-0.39, 0.29) is 6.61 Å². The van der Waals surface area contributed by atoms with Gasteiger partial charge in [-0.25, -0.2) is 0 Å². The normalized spacial score (nSPS) is 13.1. The summed E-state index contributed by atoms with van der Waals surface area (Å²) in [5.41, 5.74) is 0. The van der Waals surface area contributed by atoms with Gasteiger partial charge in [0.2, 0.25) is 5.91 Å². The van der Waals surface area contributed by atoms with Crippen LogP contribution in [0.15, 0.2) is 12.2 Å². The third-order valence-electron chi connectivity index (χ3n) is 16.9. The quantitative estimate of drug-likeness (QED) is 0.0361. The van der Waals surface area contributed by atoms with Crippen LogP contribution in [0.1, 0.15) is 406 Å². The van der Waals surface area contributed by atoms with E-state index in [1.807, 2.05) is 6.08 Å². The van der Waals surface area contributed by atoms with E-state index in [9.17, 15) is 20.1 Å². The first-order valence-electron chi connectivity index (χ1n) is 35.0. The molecule has 3 unspecified atom stereocenters. The minimum absolute atomic E-state index is 0.358. The molecule has 3 atom stereocenters. The molecule has 75 heavy (non-hydrogen) atoms. The molecule has 0 aliphatic heterocycles. The van der Waals surface area contributed by atoms with Crippen molar-refractivity contribution < 1.29 is 20.1 Å². The van der Waals surface area contributed by atoms with E-state index in [2.05, 4.69) is 19.2 Å². The third-order valence-corrected chi connectivity index (χ3v) is 16.9. The van der Waals surface area contributed by atoms with E-state index < -0.39 is 24.2 Å². The Morgan fingerprint density at radius 2 is 0.520 bits per heavy atom. The molecule has 0 bridgehead atoms. The highest BCUT2D eigenvalue weighted by Gasteiger charge is 2.22. The predicted molar refractivity (Wildman–Crippen MR) is 333 cm³/mol. The van der Waals surface area contributed by atoms with Crippen LogP contribution in [0.5, 0.6) is 0 Å². The average molecular weight is 1060 g/mol. The zero-order valence-corrected chi connectivity index (χ0v) is 51.5. The summed E-state index contributed by atoms with van der Waals surface area (Å²) in [4.78, 5) is 12.6. The Balaban J connectivity index is 3.44. The Labute approximate surface area is 471 Å². The van der Waals surface area contributed by atoms with Gasteiger partial charge in [-0.15, -0.1) is 0 Å². The van der Waals surface area contributed by atoms with Crippen molar-refractivity contribution in [1.82, 2.24) is 5.32 Å². The maximum atomic E-state index is 12.6. The molecule has 0 saturated heterocycles. The number of amides is 1. The topological polar surface area (TPSA) is 89.8 Å². The molecule has 0 spiro atoms. The van der Waals surface area contributed by atoms with Crippen LogP contribution >= 0.6 is 0 Å². The number of hydrogen-bond acceptors (Lipinski definition) is 4. The van der Waals surface area contributed by atoms with Crippen LogP contribution in [0.25, 0.3) is 0 Å². The van der Waals surface area contributed by atoms with Crippen LogP contribution < -0.4 is 5.32 Å². The first-order valence-corrected chi connectivity index (χ1v) is 35.0. The fourth-order valence-corrected chi connectivity index (χ4v) is 11.5. The van der Waals surface area contributed by atoms with E-state index in [1.54, 1.807) is 6.08 Å². The number of nitrogens with one attached hydrogen (secondary N) is 1. The summed E-state index contributed by atoms with van der Waals surface area (Å²) in [6.07, 6.45) is 85.1. The lowest BCUT2D eigenvalue weighted by Crippen LogP contribution is -2.48. The van der Waals surface area contributed by atoms with Crippen molar-refractivity contribution >= 4 is 5.91 Å². The summed E-state index contributed by atoms with van der Waals surface area (Å²) in [5.74, 6) is -0.493. The highest BCUT2D eigenvalue weighted by atomic mass is 16.3. The minimum atomic E-state index is -1.10. The van der Waals surface area contributed by atoms with Crippen LogP contribution in [-0.2, 0) is 4.79 Å². The number of aliphatic hydroxyl groups is 3. The van der Waals surface area contributed by atoms with Gasteiger partial charge in [0.25, 0.3) is 0 Å². The summed E-state index contributed by atoms with van der Waals surface area (Å²) in [6, 6.07) is -0.796. The van der Waals surface area contributed by atoms with Gasteiger partial charge in [-0.3, -0.25) is 4.79 Å². The summed E-state index contributed by atoms with van der Waals surface area (Å²) < 4.78 is 0. The molecule has 5 nitrogen and oxygen atoms in total. The van der Waals surface area contributed by atoms with Crippen LogP contribution in [0, 0.1) is 0 Å². The lowest BCUT2D eigenvalue weighted by Gasteiger charge is -2.21. The molecule has 0 fully saturated rings. The first-order chi connectivity index (χ1) is 37.1. The molecule has 0 rings (SSSR count). The van der Waals surface area contributed by atoms with Crippen molar-refractivity contribution in [1.29, 1.82) is 0 Å². The summed E-state index contributed by atoms with van der Waals surface area (Å²) in [7, 11) is 0. The van der Waals surface area contributed by atoms with E-state index in [4.69, 9.17) is 0 Å².